The maximum Gasteiger partial charge on any atom is 0.286 e. The molecular formula is C9H4Br2ClN3OS. The van der Waals surface area contributed by atoms with Gasteiger partial charge < -0.3 is 5.32 Å². The van der Waals surface area contributed by atoms with Crippen LogP contribution in [0.1, 0.15) is 9.80 Å². The summed E-state index contributed by atoms with van der Waals surface area (Å²) in [6, 6.07) is 5.44. The van der Waals surface area contributed by atoms with E-state index in [1.54, 1.807) is 6.07 Å². The Morgan fingerprint density at radius 3 is 2.71 bits per heavy atom. The molecule has 1 heterocycles. The Kier molecular flexibility index (Phi) is 4.13. The molecule has 2 aromatic rings. The average Bonchev–Trinajstić information content (AvgIpc) is 2.69. The van der Waals surface area contributed by atoms with E-state index in [0.717, 1.165) is 20.3 Å². The number of amides is 1. The first-order valence-electron chi connectivity index (χ1n) is 4.31. The van der Waals surface area contributed by atoms with Crippen LogP contribution in [0.3, 0.4) is 0 Å². The Labute approximate surface area is 123 Å². The Balaban J connectivity index is 2.18. The van der Waals surface area contributed by atoms with Gasteiger partial charge in [-0.1, -0.05) is 27.3 Å². The van der Waals surface area contributed by atoms with Gasteiger partial charge in [0.15, 0.2) is 0 Å². The minimum atomic E-state index is -0.336. The number of benzene rings is 1. The van der Waals surface area contributed by atoms with Crippen LogP contribution in [-0.4, -0.2) is 16.1 Å². The molecule has 1 aromatic carbocycles. The van der Waals surface area contributed by atoms with Crippen molar-refractivity contribution in [3.8, 4) is 0 Å². The molecule has 4 nitrogen and oxygen atoms in total. The molecule has 88 valence electrons. The fraction of sp³-hybridized carbons (Fsp3) is 0. The smallest absolute Gasteiger partial charge is 0.286 e. The molecule has 1 N–H and O–H groups in total. The van der Waals surface area contributed by atoms with Crippen molar-refractivity contribution < 1.29 is 4.79 Å². The van der Waals surface area contributed by atoms with Crippen molar-refractivity contribution in [3.63, 3.8) is 0 Å². The summed E-state index contributed by atoms with van der Waals surface area (Å²) in [5.74, 6) is -0.336. The summed E-state index contributed by atoms with van der Waals surface area (Å²) in [4.78, 5) is 11.8. The number of nitrogens with zero attached hydrogens (tertiary/aromatic N) is 2. The van der Waals surface area contributed by atoms with E-state index in [-0.39, 0.29) is 15.4 Å². The van der Waals surface area contributed by atoms with Gasteiger partial charge in [-0.2, -0.15) is 0 Å². The lowest BCUT2D eigenvalue weighted by Crippen LogP contribution is -2.11. The number of anilines is 1. The van der Waals surface area contributed by atoms with Crippen LogP contribution >= 0.6 is 54.8 Å². The van der Waals surface area contributed by atoms with Crippen LogP contribution < -0.4 is 5.32 Å². The standard InChI is InChI=1S/C9H4Br2ClN3OS/c10-4-1-2-6(5(11)3-4)13-7(16)8-14-15-9(12)17-8/h1-3H,(H,13,16). The van der Waals surface area contributed by atoms with Crippen LogP contribution in [0.15, 0.2) is 27.1 Å². The summed E-state index contributed by atoms with van der Waals surface area (Å²) in [6.45, 7) is 0. The van der Waals surface area contributed by atoms with Gasteiger partial charge in [0, 0.05) is 8.95 Å². The number of nitrogens with one attached hydrogen (secondary N) is 1. The molecule has 0 fully saturated rings. The number of hydrogen-bond donors (Lipinski definition) is 1. The Morgan fingerprint density at radius 1 is 1.35 bits per heavy atom. The Hall–Kier alpha value is -0.500. The molecule has 0 aliphatic rings. The van der Waals surface area contributed by atoms with Gasteiger partial charge in [-0.05, 0) is 45.7 Å². The first kappa shape index (κ1) is 12.9. The van der Waals surface area contributed by atoms with Gasteiger partial charge in [0.1, 0.15) is 0 Å². The number of rotatable bonds is 2. The summed E-state index contributed by atoms with van der Waals surface area (Å²) in [6.07, 6.45) is 0. The van der Waals surface area contributed by atoms with Crippen molar-refractivity contribution in [2.24, 2.45) is 0 Å². The largest absolute Gasteiger partial charge is 0.319 e. The van der Waals surface area contributed by atoms with Crippen LogP contribution in [0.5, 0.6) is 0 Å². The third-order valence-electron chi connectivity index (χ3n) is 1.77. The van der Waals surface area contributed by atoms with Gasteiger partial charge in [0.25, 0.3) is 5.91 Å². The summed E-state index contributed by atoms with van der Waals surface area (Å²) in [5, 5.41) is 10.2. The fourth-order valence-corrected chi connectivity index (χ4v) is 2.93. The topological polar surface area (TPSA) is 54.9 Å². The highest BCUT2D eigenvalue weighted by Gasteiger charge is 2.13. The molecule has 0 spiro atoms. The minimum Gasteiger partial charge on any atom is -0.319 e. The maximum atomic E-state index is 11.8. The molecule has 17 heavy (non-hydrogen) atoms. The lowest BCUT2D eigenvalue weighted by molar-refractivity contribution is 0.102. The zero-order chi connectivity index (χ0) is 12.4. The van der Waals surface area contributed by atoms with E-state index in [1.165, 1.54) is 0 Å². The van der Waals surface area contributed by atoms with Crippen molar-refractivity contribution in [1.29, 1.82) is 0 Å². The first-order valence-corrected chi connectivity index (χ1v) is 7.10. The molecule has 0 bridgehead atoms. The SMILES string of the molecule is O=C(Nc1ccc(Br)cc1Br)c1nnc(Cl)s1. The van der Waals surface area contributed by atoms with Gasteiger partial charge in [0.05, 0.1) is 5.69 Å². The van der Waals surface area contributed by atoms with Crippen molar-refractivity contribution in [3.05, 3.63) is 36.6 Å². The predicted molar refractivity (Wildman–Crippen MR) is 74.7 cm³/mol. The summed E-state index contributed by atoms with van der Waals surface area (Å²) in [7, 11) is 0. The molecule has 0 radical (unpaired) electrons. The van der Waals surface area contributed by atoms with E-state index in [9.17, 15) is 4.79 Å². The third-order valence-corrected chi connectivity index (χ3v) is 3.94. The van der Waals surface area contributed by atoms with Crippen LogP contribution in [0.25, 0.3) is 0 Å². The summed E-state index contributed by atoms with van der Waals surface area (Å²) in [5.41, 5.74) is 0.657. The third kappa shape index (κ3) is 3.25. The normalized spacial score (nSPS) is 10.3. The van der Waals surface area contributed by atoms with Crippen molar-refractivity contribution >= 4 is 66.4 Å². The number of aromatic nitrogens is 2. The molecule has 0 aliphatic carbocycles. The van der Waals surface area contributed by atoms with E-state index in [2.05, 4.69) is 47.4 Å². The number of carbonyl (C=O) groups is 1. The second-order valence-corrected chi connectivity index (χ2v) is 6.27. The molecule has 0 saturated heterocycles. The summed E-state index contributed by atoms with van der Waals surface area (Å²) >= 11 is 13.3. The van der Waals surface area contributed by atoms with E-state index >= 15 is 0 Å². The lowest BCUT2D eigenvalue weighted by atomic mass is 10.3. The predicted octanol–water partition coefficient (Wildman–Crippen LogP) is 3.97. The zero-order valence-electron chi connectivity index (χ0n) is 8.08. The fourth-order valence-electron chi connectivity index (χ4n) is 1.06. The second kappa shape index (κ2) is 5.43. The van der Waals surface area contributed by atoms with Crippen LogP contribution in [0.4, 0.5) is 5.69 Å². The van der Waals surface area contributed by atoms with Crippen molar-refractivity contribution in [2.75, 3.05) is 5.32 Å². The van der Waals surface area contributed by atoms with Gasteiger partial charge >= 0.3 is 0 Å². The molecule has 0 atom stereocenters. The summed E-state index contributed by atoms with van der Waals surface area (Å²) < 4.78 is 1.93. The average molecular weight is 397 g/mol. The Bertz CT molecular complexity index is 575. The molecule has 1 amide bonds. The highest BCUT2D eigenvalue weighted by Crippen LogP contribution is 2.27. The first-order chi connectivity index (χ1) is 8.06. The molecule has 0 saturated carbocycles. The van der Waals surface area contributed by atoms with Gasteiger partial charge in [-0.25, -0.2) is 0 Å². The van der Waals surface area contributed by atoms with Gasteiger partial charge in [-0.3, -0.25) is 4.79 Å². The van der Waals surface area contributed by atoms with Crippen LogP contribution in [0.2, 0.25) is 4.47 Å². The quantitative estimate of drug-likeness (QED) is 0.834. The van der Waals surface area contributed by atoms with Crippen molar-refractivity contribution in [1.82, 2.24) is 10.2 Å². The molecule has 0 unspecified atom stereocenters. The number of halogens is 3. The highest BCUT2D eigenvalue weighted by atomic mass is 79.9. The van der Waals surface area contributed by atoms with Gasteiger partial charge in [-0.15, -0.1) is 10.2 Å². The highest BCUT2D eigenvalue weighted by molar-refractivity contribution is 9.11. The molecule has 0 aliphatic heterocycles. The second-order valence-electron chi connectivity index (χ2n) is 2.94. The van der Waals surface area contributed by atoms with Gasteiger partial charge in [0.2, 0.25) is 9.47 Å². The molecule has 2 rings (SSSR count). The van der Waals surface area contributed by atoms with E-state index < -0.39 is 0 Å². The number of hydrogen-bond acceptors (Lipinski definition) is 4. The van der Waals surface area contributed by atoms with E-state index in [4.69, 9.17) is 11.6 Å². The maximum absolute atomic E-state index is 11.8. The molecule has 1 aromatic heterocycles. The van der Waals surface area contributed by atoms with Crippen LogP contribution in [-0.2, 0) is 0 Å². The zero-order valence-corrected chi connectivity index (χ0v) is 12.8. The molecule has 8 heteroatoms. The Morgan fingerprint density at radius 2 is 2.12 bits per heavy atom. The van der Waals surface area contributed by atoms with Crippen LogP contribution in [0, 0.1) is 0 Å². The monoisotopic (exact) mass is 395 g/mol. The van der Waals surface area contributed by atoms with E-state index in [0.29, 0.717) is 5.69 Å². The number of carbonyl (C=O) groups excluding carboxylic acids is 1. The van der Waals surface area contributed by atoms with E-state index in [1.807, 2.05) is 12.1 Å². The minimum absolute atomic E-state index is 0.227. The molecular weight excluding hydrogens is 393 g/mol. The lowest BCUT2D eigenvalue weighted by Gasteiger charge is -2.05. The van der Waals surface area contributed by atoms with Crippen molar-refractivity contribution in [2.45, 2.75) is 0 Å².